The molecule has 3 aromatic heterocycles. The number of benzene rings is 9. The molecule has 59 heavy (non-hydrogen) atoms. The molecule has 12 rings (SSSR count). The molecular formula is C56H35N3. The molecule has 0 spiro atoms. The molecule has 3 nitrogen and oxygen atoms in total. The van der Waals surface area contributed by atoms with Crippen LogP contribution in [0.25, 0.3) is 116 Å². The molecule has 0 saturated carbocycles. The van der Waals surface area contributed by atoms with Gasteiger partial charge in [0.1, 0.15) is 0 Å². The molecule has 0 aliphatic rings. The van der Waals surface area contributed by atoms with E-state index in [1.807, 2.05) is 0 Å². The van der Waals surface area contributed by atoms with Crippen LogP contribution in [0.3, 0.4) is 0 Å². The van der Waals surface area contributed by atoms with Gasteiger partial charge in [-0.05, 0) is 87.3 Å². The van der Waals surface area contributed by atoms with Crippen molar-refractivity contribution in [1.29, 1.82) is 0 Å². The Morgan fingerprint density at radius 3 is 1.66 bits per heavy atom. The normalized spacial score (nSPS) is 11.7. The number of hydrogen-bond donors (Lipinski definition) is 0. The highest BCUT2D eigenvalue weighted by Gasteiger charge is 2.20. The standard InChI is InChI=1S/C56H35N3/c1-2-14-39(15-3-1)56-48-30-31-53-55(54(48)46-18-8-10-20-49(46)58-56)47-19-9-11-21-52(47)59(53)45-28-26-38(27-29-45)50-34-44(42-24-22-36-12-4-6-16-40(36)32-42)35-51(57-50)43-25-23-37-13-5-7-17-41(37)33-43/h1-35H. The summed E-state index contributed by atoms with van der Waals surface area (Å²) >= 11 is 0. The maximum absolute atomic E-state index is 5.34. The van der Waals surface area contributed by atoms with E-state index in [4.69, 9.17) is 9.97 Å². The lowest BCUT2D eigenvalue weighted by atomic mass is 9.96. The SMILES string of the molecule is c1ccc(-c2nc3ccccc3c3c2ccc2c3c3ccccc3n2-c2ccc(-c3cc(-c4ccc5ccccc5c4)cc(-c4ccc5ccccc5c4)n3)cc2)cc1. The first-order chi connectivity index (χ1) is 29.2. The number of hydrogen-bond acceptors (Lipinski definition) is 2. The van der Waals surface area contributed by atoms with Crippen molar-refractivity contribution in [3.8, 4) is 50.6 Å². The summed E-state index contributed by atoms with van der Waals surface area (Å²) in [5, 5.41) is 10.9. The first kappa shape index (κ1) is 33.3. The average molecular weight is 750 g/mol. The van der Waals surface area contributed by atoms with Crippen molar-refractivity contribution in [2.24, 2.45) is 0 Å². The Morgan fingerprint density at radius 1 is 0.305 bits per heavy atom. The second kappa shape index (κ2) is 13.4. The Kier molecular flexibility index (Phi) is 7.54. The van der Waals surface area contributed by atoms with Crippen molar-refractivity contribution in [3.05, 3.63) is 212 Å². The van der Waals surface area contributed by atoms with Crippen LogP contribution >= 0.6 is 0 Å². The van der Waals surface area contributed by atoms with E-state index >= 15 is 0 Å². The number of rotatable bonds is 5. The Labute approximate surface area is 341 Å². The monoisotopic (exact) mass is 749 g/mol. The van der Waals surface area contributed by atoms with E-state index in [2.05, 4.69) is 217 Å². The van der Waals surface area contributed by atoms with Crippen molar-refractivity contribution in [2.75, 3.05) is 0 Å². The number of aromatic nitrogens is 3. The summed E-state index contributed by atoms with van der Waals surface area (Å²) in [6.07, 6.45) is 0. The molecule has 0 saturated heterocycles. The lowest BCUT2D eigenvalue weighted by Crippen LogP contribution is -1.95. The zero-order chi connectivity index (χ0) is 38.9. The van der Waals surface area contributed by atoms with Crippen LogP contribution in [0.2, 0.25) is 0 Å². The molecule has 3 heterocycles. The quantitative estimate of drug-likeness (QED) is 0.164. The van der Waals surface area contributed by atoms with Gasteiger partial charge in [0, 0.05) is 49.3 Å². The van der Waals surface area contributed by atoms with Gasteiger partial charge >= 0.3 is 0 Å². The van der Waals surface area contributed by atoms with Gasteiger partial charge in [-0.2, -0.15) is 0 Å². The molecule has 0 N–H and O–H groups in total. The smallest absolute Gasteiger partial charge is 0.0788 e. The zero-order valence-corrected chi connectivity index (χ0v) is 32.0. The third kappa shape index (κ3) is 5.51. The summed E-state index contributed by atoms with van der Waals surface area (Å²) in [6.45, 7) is 0. The van der Waals surface area contributed by atoms with Gasteiger partial charge in [0.15, 0.2) is 0 Å². The fraction of sp³-hybridized carbons (Fsp3) is 0. The average Bonchev–Trinajstić information content (AvgIpc) is 3.65. The maximum atomic E-state index is 5.34. The van der Waals surface area contributed by atoms with Crippen LogP contribution in [0, 0.1) is 0 Å². The molecule has 0 radical (unpaired) electrons. The van der Waals surface area contributed by atoms with Crippen molar-refractivity contribution < 1.29 is 0 Å². The maximum Gasteiger partial charge on any atom is 0.0788 e. The lowest BCUT2D eigenvalue weighted by Gasteiger charge is -2.14. The van der Waals surface area contributed by atoms with Crippen LogP contribution in [0.1, 0.15) is 0 Å². The molecule has 0 aliphatic carbocycles. The van der Waals surface area contributed by atoms with Crippen molar-refractivity contribution in [3.63, 3.8) is 0 Å². The Bertz CT molecular complexity index is 3500. The van der Waals surface area contributed by atoms with Gasteiger partial charge in [0.05, 0.1) is 33.6 Å². The molecule has 0 atom stereocenters. The molecular weight excluding hydrogens is 715 g/mol. The van der Waals surface area contributed by atoms with Crippen molar-refractivity contribution >= 4 is 65.0 Å². The Morgan fingerprint density at radius 2 is 0.898 bits per heavy atom. The van der Waals surface area contributed by atoms with Crippen LogP contribution in [-0.4, -0.2) is 14.5 Å². The molecule has 274 valence electrons. The highest BCUT2D eigenvalue weighted by atomic mass is 15.0. The van der Waals surface area contributed by atoms with E-state index < -0.39 is 0 Å². The van der Waals surface area contributed by atoms with Gasteiger partial charge < -0.3 is 4.57 Å². The van der Waals surface area contributed by atoms with E-state index in [0.717, 1.165) is 66.8 Å². The minimum atomic E-state index is 0.936. The molecule has 0 aliphatic heterocycles. The minimum absolute atomic E-state index is 0.936. The van der Waals surface area contributed by atoms with Crippen LogP contribution in [-0.2, 0) is 0 Å². The first-order valence-electron chi connectivity index (χ1n) is 20.1. The number of para-hydroxylation sites is 2. The minimum Gasteiger partial charge on any atom is -0.309 e. The van der Waals surface area contributed by atoms with Crippen LogP contribution in [0.4, 0.5) is 0 Å². The van der Waals surface area contributed by atoms with Crippen molar-refractivity contribution in [2.45, 2.75) is 0 Å². The van der Waals surface area contributed by atoms with Gasteiger partial charge in [-0.25, -0.2) is 9.97 Å². The third-order valence-electron chi connectivity index (χ3n) is 11.9. The second-order valence-electron chi connectivity index (χ2n) is 15.4. The van der Waals surface area contributed by atoms with Gasteiger partial charge in [-0.3, -0.25) is 0 Å². The summed E-state index contributed by atoms with van der Waals surface area (Å²) in [6, 6.07) is 76.2. The van der Waals surface area contributed by atoms with Gasteiger partial charge in [-0.1, -0.05) is 158 Å². The highest BCUT2D eigenvalue weighted by molar-refractivity contribution is 6.29. The van der Waals surface area contributed by atoms with Crippen LogP contribution in [0.15, 0.2) is 212 Å². The van der Waals surface area contributed by atoms with Crippen LogP contribution < -0.4 is 0 Å². The lowest BCUT2D eigenvalue weighted by molar-refractivity contribution is 1.18. The molecule has 9 aromatic carbocycles. The third-order valence-corrected chi connectivity index (χ3v) is 11.9. The number of fused-ring (bicyclic) bond motifs is 9. The van der Waals surface area contributed by atoms with Gasteiger partial charge in [-0.15, -0.1) is 0 Å². The van der Waals surface area contributed by atoms with Gasteiger partial charge in [0.2, 0.25) is 0 Å². The largest absolute Gasteiger partial charge is 0.309 e. The number of nitrogens with zero attached hydrogens (tertiary/aromatic N) is 3. The Balaban J connectivity index is 1.04. The number of pyridine rings is 2. The van der Waals surface area contributed by atoms with E-state index in [1.165, 1.54) is 48.8 Å². The second-order valence-corrected chi connectivity index (χ2v) is 15.4. The predicted octanol–water partition coefficient (Wildman–Crippen LogP) is 14.9. The van der Waals surface area contributed by atoms with E-state index in [1.54, 1.807) is 0 Å². The van der Waals surface area contributed by atoms with Crippen LogP contribution in [0.5, 0.6) is 0 Å². The molecule has 3 heteroatoms. The first-order valence-corrected chi connectivity index (χ1v) is 20.1. The molecule has 0 fully saturated rings. The summed E-state index contributed by atoms with van der Waals surface area (Å²) in [7, 11) is 0. The zero-order valence-electron chi connectivity index (χ0n) is 32.0. The van der Waals surface area contributed by atoms with E-state index in [9.17, 15) is 0 Å². The summed E-state index contributed by atoms with van der Waals surface area (Å²) in [5.41, 5.74) is 12.9. The van der Waals surface area contributed by atoms with E-state index in [-0.39, 0.29) is 0 Å². The molecule has 0 unspecified atom stereocenters. The Hall–Kier alpha value is -7.88. The van der Waals surface area contributed by atoms with Crippen molar-refractivity contribution in [1.82, 2.24) is 14.5 Å². The van der Waals surface area contributed by atoms with Gasteiger partial charge in [0.25, 0.3) is 0 Å². The fourth-order valence-electron chi connectivity index (χ4n) is 9.09. The molecule has 0 bridgehead atoms. The highest BCUT2D eigenvalue weighted by Crippen LogP contribution is 2.42. The fourth-order valence-corrected chi connectivity index (χ4v) is 9.09. The predicted molar refractivity (Wildman–Crippen MR) is 248 cm³/mol. The summed E-state index contributed by atoms with van der Waals surface area (Å²) < 4.78 is 2.41. The molecule has 12 aromatic rings. The summed E-state index contributed by atoms with van der Waals surface area (Å²) in [5.74, 6) is 0. The summed E-state index contributed by atoms with van der Waals surface area (Å²) in [4.78, 5) is 10.6. The molecule has 0 amide bonds. The van der Waals surface area contributed by atoms with E-state index in [0.29, 0.717) is 0 Å². The topological polar surface area (TPSA) is 30.7 Å².